The fourth-order valence-corrected chi connectivity index (χ4v) is 6.71. The summed E-state index contributed by atoms with van der Waals surface area (Å²) in [5.74, 6) is 0. The number of quaternary nitrogens is 2. The lowest BCUT2D eigenvalue weighted by Crippen LogP contribution is -2.44. The third kappa shape index (κ3) is 14.7. The van der Waals surface area contributed by atoms with Crippen LogP contribution in [0.25, 0.3) is 11.1 Å². The highest BCUT2D eigenvalue weighted by atomic mass is 15.3. The second kappa shape index (κ2) is 21.1. The van der Waals surface area contributed by atoms with Crippen LogP contribution in [0.4, 0.5) is 0 Å². The van der Waals surface area contributed by atoms with Crippen molar-refractivity contribution in [1.82, 2.24) is 0 Å². The molecule has 2 aromatic carbocycles. The van der Waals surface area contributed by atoms with Gasteiger partial charge in [-0.05, 0) is 62.5 Å². The highest BCUT2D eigenvalue weighted by Crippen LogP contribution is 2.25. The predicted octanol–water partition coefficient (Wildman–Crippen LogP) is 11.6. The van der Waals surface area contributed by atoms with Gasteiger partial charge < -0.3 is 8.97 Å². The van der Waals surface area contributed by atoms with E-state index in [2.05, 4.69) is 90.3 Å². The first kappa shape index (κ1) is 36.6. The Labute approximate surface area is 263 Å². The van der Waals surface area contributed by atoms with Gasteiger partial charge in [-0.15, -0.1) is 0 Å². The molecule has 0 N–H and O–H groups in total. The second-order valence-electron chi connectivity index (χ2n) is 14.1. The molecule has 0 aromatic heterocycles. The van der Waals surface area contributed by atoms with Gasteiger partial charge >= 0.3 is 0 Å². The Bertz CT molecular complexity index is 812. The van der Waals surface area contributed by atoms with Gasteiger partial charge in [-0.2, -0.15) is 0 Å². The quantitative estimate of drug-likeness (QED) is 0.0812. The Morgan fingerprint density at radius 1 is 0.357 bits per heavy atom. The van der Waals surface area contributed by atoms with Crippen molar-refractivity contribution in [3.05, 3.63) is 59.7 Å². The van der Waals surface area contributed by atoms with Crippen LogP contribution in [0, 0.1) is 0 Å². The monoisotopic (exact) mass is 579 g/mol. The van der Waals surface area contributed by atoms with Gasteiger partial charge in [-0.25, -0.2) is 0 Å². The van der Waals surface area contributed by atoms with E-state index in [0.717, 1.165) is 13.1 Å². The van der Waals surface area contributed by atoms with Crippen molar-refractivity contribution >= 4 is 0 Å². The van der Waals surface area contributed by atoms with Crippen LogP contribution in [-0.2, 0) is 13.1 Å². The molecule has 2 heteroatoms. The lowest BCUT2D eigenvalue weighted by molar-refractivity contribution is -0.923. The zero-order valence-electron chi connectivity index (χ0n) is 29.1. The van der Waals surface area contributed by atoms with Gasteiger partial charge in [0, 0.05) is 11.1 Å². The number of unbranched alkanes of at least 4 members (excludes halogenated alkanes) is 12. The standard InChI is InChI=1S/C40H70N2/c1-7-11-15-19-31-41(5,32-20-16-12-8-2)35-37-23-27-39(28-24-37)40-29-25-38(26-30-40)36-42(6,33-21-17-13-9-3)34-22-18-14-10-4/h23-30H,7-22,31-36H2,1-6H3/q+2. The molecule has 0 aliphatic carbocycles. The summed E-state index contributed by atoms with van der Waals surface area (Å²) in [7, 11) is 5.01. The molecule has 0 unspecified atom stereocenters. The van der Waals surface area contributed by atoms with Gasteiger partial charge in [0.05, 0.1) is 40.3 Å². The number of benzene rings is 2. The van der Waals surface area contributed by atoms with E-state index >= 15 is 0 Å². The highest BCUT2D eigenvalue weighted by Gasteiger charge is 2.23. The van der Waals surface area contributed by atoms with E-state index in [9.17, 15) is 0 Å². The molecule has 42 heavy (non-hydrogen) atoms. The average Bonchev–Trinajstić information content (AvgIpc) is 2.99. The number of nitrogens with zero attached hydrogens (tertiary/aromatic N) is 2. The first-order valence-electron chi connectivity index (χ1n) is 18.2. The fraction of sp³-hybridized carbons (Fsp3) is 0.700. The second-order valence-corrected chi connectivity index (χ2v) is 14.1. The maximum atomic E-state index is 2.50. The molecule has 0 aliphatic rings. The molecule has 0 saturated heterocycles. The van der Waals surface area contributed by atoms with Crippen molar-refractivity contribution in [3.63, 3.8) is 0 Å². The van der Waals surface area contributed by atoms with Crippen LogP contribution in [0.3, 0.4) is 0 Å². The SMILES string of the molecule is CCCCCC[N+](C)(CCCCCC)Cc1ccc(-c2ccc(C[N+](C)(CCCCCC)CCCCCC)cc2)cc1. The number of rotatable bonds is 25. The van der Waals surface area contributed by atoms with Gasteiger partial charge in [-0.3, -0.25) is 0 Å². The molecule has 0 spiro atoms. The summed E-state index contributed by atoms with van der Waals surface area (Å²) in [5, 5.41) is 0. The van der Waals surface area contributed by atoms with Crippen LogP contribution >= 0.6 is 0 Å². The van der Waals surface area contributed by atoms with Gasteiger partial charge in [-0.1, -0.05) is 128 Å². The summed E-state index contributed by atoms with van der Waals surface area (Å²) < 4.78 is 2.38. The molecule has 238 valence electrons. The minimum atomic E-state index is 1.16. The van der Waals surface area contributed by atoms with E-state index in [1.54, 1.807) is 0 Å². The van der Waals surface area contributed by atoms with E-state index in [1.165, 1.54) is 160 Å². The Kier molecular flexibility index (Phi) is 18.4. The molecule has 0 heterocycles. The Balaban J connectivity index is 2.03. The van der Waals surface area contributed by atoms with E-state index < -0.39 is 0 Å². The topological polar surface area (TPSA) is 0 Å². The summed E-state index contributed by atoms with van der Waals surface area (Å²) in [6.07, 6.45) is 21.7. The van der Waals surface area contributed by atoms with Crippen LogP contribution < -0.4 is 0 Å². The molecular weight excluding hydrogens is 508 g/mol. The Morgan fingerprint density at radius 2 is 0.619 bits per heavy atom. The van der Waals surface area contributed by atoms with Crippen LogP contribution in [0.5, 0.6) is 0 Å². The normalized spacial score (nSPS) is 12.2. The Morgan fingerprint density at radius 3 is 0.857 bits per heavy atom. The largest absolute Gasteiger partial charge is 0.322 e. The average molecular weight is 579 g/mol. The van der Waals surface area contributed by atoms with Crippen molar-refractivity contribution in [1.29, 1.82) is 0 Å². The minimum Gasteiger partial charge on any atom is -0.322 e. The van der Waals surface area contributed by atoms with Crippen LogP contribution in [-0.4, -0.2) is 49.2 Å². The number of hydrogen-bond donors (Lipinski definition) is 0. The molecule has 2 nitrogen and oxygen atoms in total. The third-order valence-corrected chi connectivity index (χ3v) is 9.58. The minimum absolute atomic E-state index is 1.16. The van der Waals surface area contributed by atoms with E-state index in [4.69, 9.17) is 0 Å². The van der Waals surface area contributed by atoms with Crippen molar-refractivity contribution in [2.24, 2.45) is 0 Å². The van der Waals surface area contributed by atoms with E-state index in [-0.39, 0.29) is 0 Å². The van der Waals surface area contributed by atoms with Gasteiger partial charge in [0.2, 0.25) is 0 Å². The molecule has 0 aliphatic heterocycles. The van der Waals surface area contributed by atoms with Gasteiger partial charge in [0.25, 0.3) is 0 Å². The lowest BCUT2D eigenvalue weighted by Gasteiger charge is -2.35. The van der Waals surface area contributed by atoms with E-state index in [0.29, 0.717) is 0 Å². The van der Waals surface area contributed by atoms with Crippen molar-refractivity contribution in [2.75, 3.05) is 40.3 Å². The summed E-state index contributed by atoms with van der Waals surface area (Å²) >= 11 is 0. The van der Waals surface area contributed by atoms with Crippen molar-refractivity contribution in [3.8, 4) is 11.1 Å². The first-order chi connectivity index (χ1) is 20.4. The van der Waals surface area contributed by atoms with Crippen LogP contribution in [0.15, 0.2) is 48.5 Å². The zero-order valence-corrected chi connectivity index (χ0v) is 29.1. The molecule has 0 amide bonds. The molecule has 0 fully saturated rings. The molecule has 0 radical (unpaired) electrons. The van der Waals surface area contributed by atoms with Gasteiger partial charge in [0.1, 0.15) is 13.1 Å². The summed E-state index contributed by atoms with van der Waals surface area (Å²) in [6.45, 7) is 16.8. The summed E-state index contributed by atoms with van der Waals surface area (Å²) in [6, 6.07) is 19.1. The lowest BCUT2D eigenvalue weighted by atomic mass is 10.0. The molecule has 0 saturated carbocycles. The third-order valence-electron chi connectivity index (χ3n) is 9.58. The van der Waals surface area contributed by atoms with Gasteiger partial charge in [0.15, 0.2) is 0 Å². The first-order valence-corrected chi connectivity index (χ1v) is 18.2. The molecule has 0 atom stereocenters. The maximum Gasteiger partial charge on any atom is 0.104 e. The van der Waals surface area contributed by atoms with Crippen LogP contribution in [0.2, 0.25) is 0 Å². The zero-order chi connectivity index (χ0) is 30.5. The molecule has 2 rings (SSSR count). The smallest absolute Gasteiger partial charge is 0.104 e. The summed E-state index contributed by atoms with van der Waals surface area (Å²) in [4.78, 5) is 0. The predicted molar refractivity (Wildman–Crippen MR) is 188 cm³/mol. The fourth-order valence-electron chi connectivity index (χ4n) is 6.71. The van der Waals surface area contributed by atoms with Crippen molar-refractivity contribution in [2.45, 2.75) is 144 Å². The number of hydrogen-bond acceptors (Lipinski definition) is 0. The van der Waals surface area contributed by atoms with Crippen molar-refractivity contribution < 1.29 is 8.97 Å². The molecular formula is C40H70N2+2. The van der Waals surface area contributed by atoms with E-state index in [1.807, 2.05) is 0 Å². The highest BCUT2D eigenvalue weighted by molar-refractivity contribution is 5.63. The molecule has 0 bridgehead atoms. The summed E-state index contributed by atoms with van der Waals surface area (Å²) in [5.41, 5.74) is 5.68. The molecule has 2 aromatic rings. The van der Waals surface area contributed by atoms with Crippen LogP contribution in [0.1, 0.15) is 142 Å². The Hall–Kier alpha value is -1.64. The maximum absolute atomic E-state index is 2.50.